The summed E-state index contributed by atoms with van der Waals surface area (Å²) in [6, 6.07) is 20.2. The highest BCUT2D eigenvalue weighted by atomic mass is 35.5. The molecule has 1 aliphatic heterocycles. The van der Waals surface area contributed by atoms with Gasteiger partial charge in [-0.3, -0.25) is 0 Å². The number of benzene rings is 3. The summed E-state index contributed by atoms with van der Waals surface area (Å²) < 4.78 is 0. The number of nitrogens with one attached hydrogen (secondary N) is 1. The zero-order valence-electron chi connectivity index (χ0n) is 13.4. The Bertz CT molecular complexity index is 902. The number of anilines is 1. The molecular weight excluding hydrogens is 318 g/mol. The minimum atomic E-state index is 0.116. The Kier molecular flexibility index (Phi) is 3.70. The number of aromatic hydroxyl groups is 1. The van der Waals surface area contributed by atoms with Gasteiger partial charge in [-0.05, 0) is 47.9 Å². The SMILES string of the molecule is Cc1ccc(-c2ccc3c(c2)NCC3c2cc(Cl)ccc2O)cc1. The highest BCUT2D eigenvalue weighted by Crippen LogP contribution is 2.41. The number of halogens is 1. The monoisotopic (exact) mass is 335 g/mol. The van der Waals surface area contributed by atoms with Crippen LogP contribution in [0.25, 0.3) is 11.1 Å². The minimum absolute atomic E-state index is 0.116. The van der Waals surface area contributed by atoms with Gasteiger partial charge in [-0.1, -0.05) is 53.6 Å². The maximum Gasteiger partial charge on any atom is 0.119 e. The molecule has 4 rings (SSSR count). The Balaban J connectivity index is 1.72. The van der Waals surface area contributed by atoms with Crippen LogP contribution in [0.5, 0.6) is 5.75 Å². The third-order valence-electron chi connectivity index (χ3n) is 4.68. The van der Waals surface area contributed by atoms with Crippen molar-refractivity contribution in [3.05, 3.63) is 82.4 Å². The molecular formula is C21H18ClNO. The first-order valence-corrected chi connectivity index (χ1v) is 8.43. The molecule has 2 nitrogen and oxygen atoms in total. The molecule has 0 amide bonds. The molecule has 2 N–H and O–H groups in total. The molecule has 0 saturated heterocycles. The summed E-state index contributed by atoms with van der Waals surface area (Å²) in [4.78, 5) is 0. The summed E-state index contributed by atoms with van der Waals surface area (Å²) in [5.74, 6) is 0.410. The van der Waals surface area contributed by atoms with Crippen molar-refractivity contribution in [1.82, 2.24) is 0 Å². The van der Waals surface area contributed by atoms with E-state index >= 15 is 0 Å². The van der Waals surface area contributed by atoms with Crippen molar-refractivity contribution in [2.24, 2.45) is 0 Å². The van der Waals surface area contributed by atoms with Crippen molar-refractivity contribution in [2.45, 2.75) is 12.8 Å². The molecule has 3 heteroatoms. The standard InChI is InChI=1S/C21H18ClNO/c1-13-2-4-14(5-3-13)15-6-8-17-19(12-23-20(17)10-15)18-11-16(22)7-9-21(18)24/h2-11,19,23-24H,12H2,1H3. The van der Waals surface area contributed by atoms with E-state index in [9.17, 15) is 5.11 Å². The first kappa shape index (κ1) is 15.1. The van der Waals surface area contributed by atoms with Gasteiger partial charge < -0.3 is 10.4 Å². The van der Waals surface area contributed by atoms with Crippen LogP contribution in [0.1, 0.15) is 22.6 Å². The molecule has 1 heterocycles. The van der Waals surface area contributed by atoms with E-state index < -0.39 is 0 Å². The van der Waals surface area contributed by atoms with Gasteiger partial charge >= 0.3 is 0 Å². The second-order valence-corrected chi connectivity index (χ2v) is 6.74. The van der Waals surface area contributed by atoms with Crippen LogP contribution < -0.4 is 5.32 Å². The van der Waals surface area contributed by atoms with E-state index in [0.717, 1.165) is 17.8 Å². The van der Waals surface area contributed by atoms with Crippen molar-refractivity contribution >= 4 is 17.3 Å². The van der Waals surface area contributed by atoms with Crippen LogP contribution >= 0.6 is 11.6 Å². The van der Waals surface area contributed by atoms with Crippen LogP contribution in [0.4, 0.5) is 5.69 Å². The van der Waals surface area contributed by atoms with Gasteiger partial charge in [0.05, 0.1) is 0 Å². The first-order valence-electron chi connectivity index (χ1n) is 8.05. The number of phenols is 1. The van der Waals surface area contributed by atoms with Crippen molar-refractivity contribution in [1.29, 1.82) is 0 Å². The Morgan fingerprint density at radius 2 is 1.67 bits per heavy atom. The average molecular weight is 336 g/mol. The highest BCUT2D eigenvalue weighted by molar-refractivity contribution is 6.30. The second-order valence-electron chi connectivity index (χ2n) is 6.30. The summed E-state index contributed by atoms with van der Waals surface area (Å²) in [6.07, 6.45) is 0. The molecule has 0 aliphatic carbocycles. The quantitative estimate of drug-likeness (QED) is 0.641. The van der Waals surface area contributed by atoms with Crippen LogP contribution in [-0.4, -0.2) is 11.7 Å². The van der Waals surface area contributed by atoms with E-state index in [1.54, 1.807) is 12.1 Å². The van der Waals surface area contributed by atoms with Gasteiger partial charge in [0.25, 0.3) is 0 Å². The Hall–Kier alpha value is -2.45. The molecule has 120 valence electrons. The van der Waals surface area contributed by atoms with E-state index in [1.807, 2.05) is 6.07 Å². The Morgan fingerprint density at radius 3 is 2.46 bits per heavy atom. The molecule has 3 aromatic rings. The zero-order valence-corrected chi connectivity index (χ0v) is 14.1. The van der Waals surface area contributed by atoms with Crippen LogP contribution in [0.3, 0.4) is 0 Å². The molecule has 0 aromatic heterocycles. The summed E-state index contributed by atoms with van der Waals surface area (Å²) >= 11 is 6.11. The van der Waals surface area contributed by atoms with Crippen LogP contribution in [-0.2, 0) is 0 Å². The van der Waals surface area contributed by atoms with E-state index in [-0.39, 0.29) is 5.92 Å². The van der Waals surface area contributed by atoms with Crippen molar-refractivity contribution in [3.8, 4) is 16.9 Å². The summed E-state index contributed by atoms with van der Waals surface area (Å²) in [6.45, 7) is 2.86. The number of fused-ring (bicyclic) bond motifs is 1. The van der Waals surface area contributed by atoms with Gasteiger partial charge in [0.2, 0.25) is 0 Å². The van der Waals surface area contributed by atoms with Crippen molar-refractivity contribution < 1.29 is 5.11 Å². The number of hydrogen-bond donors (Lipinski definition) is 2. The van der Waals surface area contributed by atoms with Gasteiger partial charge in [-0.25, -0.2) is 0 Å². The first-order chi connectivity index (χ1) is 11.6. The van der Waals surface area contributed by atoms with E-state index in [1.165, 1.54) is 22.3 Å². The normalized spacial score (nSPS) is 15.8. The molecule has 0 spiro atoms. The lowest BCUT2D eigenvalue weighted by Gasteiger charge is -2.13. The Labute approximate surface area is 146 Å². The van der Waals surface area contributed by atoms with Crippen molar-refractivity contribution in [3.63, 3.8) is 0 Å². The second kappa shape index (κ2) is 5.88. The van der Waals surface area contributed by atoms with Gasteiger partial charge in [-0.2, -0.15) is 0 Å². The molecule has 1 aliphatic rings. The minimum Gasteiger partial charge on any atom is -0.508 e. The van der Waals surface area contributed by atoms with Crippen LogP contribution in [0.2, 0.25) is 5.02 Å². The molecule has 1 unspecified atom stereocenters. The third-order valence-corrected chi connectivity index (χ3v) is 4.91. The highest BCUT2D eigenvalue weighted by Gasteiger charge is 2.26. The lowest BCUT2D eigenvalue weighted by Crippen LogP contribution is -2.04. The molecule has 3 aromatic carbocycles. The number of phenolic OH excluding ortho intramolecular Hbond substituents is 1. The third kappa shape index (κ3) is 2.63. The maximum atomic E-state index is 10.2. The van der Waals surface area contributed by atoms with E-state index in [4.69, 9.17) is 11.6 Å². The van der Waals surface area contributed by atoms with Gasteiger partial charge in [0.15, 0.2) is 0 Å². The summed E-state index contributed by atoms with van der Waals surface area (Å²) in [5, 5.41) is 14.3. The smallest absolute Gasteiger partial charge is 0.119 e. The largest absolute Gasteiger partial charge is 0.508 e. The fourth-order valence-electron chi connectivity index (χ4n) is 3.34. The van der Waals surface area contributed by atoms with Crippen LogP contribution in [0.15, 0.2) is 60.7 Å². The molecule has 24 heavy (non-hydrogen) atoms. The lowest BCUT2D eigenvalue weighted by molar-refractivity contribution is 0.466. The number of hydrogen-bond acceptors (Lipinski definition) is 2. The predicted octanol–water partition coefficient (Wildman–Crippen LogP) is 5.58. The van der Waals surface area contributed by atoms with Gasteiger partial charge in [0.1, 0.15) is 5.75 Å². The fourth-order valence-corrected chi connectivity index (χ4v) is 3.52. The Morgan fingerprint density at radius 1 is 0.917 bits per heavy atom. The number of rotatable bonds is 2. The molecule has 1 atom stereocenters. The summed E-state index contributed by atoms with van der Waals surface area (Å²) in [7, 11) is 0. The average Bonchev–Trinajstić information content (AvgIpc) is 3.00. The fraction of sp³-hybridized carbons (Fsp3) is 0.143. The molecule has 0 radical (unpaired) electrons. The van der Waals surface area contributed by atoms with E-state index in [0.29, 0.717) is 10.8 Å². The van der Waals surface area contributed by atoms with E-state index in [2.05, 4.69) is 54.7 Å². The summed E-state index contributed by atoms with van der Waals surface area (Å²) in [5.41, 5.74) is 6.85. The van der Waals surface area contributed by atoms with Gasteiger partial charge in [-0.15, -0.1) is 0 Å². The molecule has 0 fully saturated rings. The maximum absolute atomic E-state index is 10.2. The van der Waals surface area contributed by atoms with Crippen LogP contribution in [0, 0.1) is 6.92 Å². The lowest BCUT2D eigenvalue weighted by atomic mass is 9.91. The molecule has 0 bridgehead atoms. The topological polar surface area (TPSA) is 32.3 Å². The number of aryl methyl sites for hydroxylation is 1. The molecule has 0 saturated carbocycles. The predicted molar refractivity (Wildman–Crippen MR) is 100 cm³/mol. The zero-order chi connectivity index (χ0) is 16.7. The van der Waals surface area contributed by atoms with Gasteiger partial charge in [0, 0.05) is 28.7 Å². The van der Waals surface area contributed by atoms with Crippen molar-refractivity contribution in [2.75, 3.05) is 11.9 Å².